The fraction of sp³-hybridized carbons (Fsp3) is 0.192. The molecule has 162 valence electrons. The average Bonchev–Trinajstić information content (AvgIpc) is 3.57. The summed E-state index contributed by atoms with van der Waals surface area (Å²) in [6, 6.07) is 25.2. The third-order valence-corrected chi connectivity index (χ3v) is 9.79. The zero-order valence-corrected chi connectivity index (χ0v) is 20.7. The van der Waals surface area contributed by atoms with Crippen LogP contribution in [-0.4, -0.2) is 10.5 Å². The lowest BCUT2D eigenvalue weighted by Crippen LogP contribution is -2.14. The standard InChI is InChI=1S/C26H23NOS4/c1-2-9-22(10-3-1)28-23(27-21-14-13-19-7-4-8-20(19)17-21)18-26(31-24-11-5-15-29-24)32-25-12-6-16-30-25/h1-3,5-6,9-17,26H,4,7-8,18H2. The second-order valence-corrected chi connectivity index (χ2v) is 12.7. The summed E-state index contributed by atoms with van der Waals surface area (Å²) >= 11 is 7.35. The van der Waals surface area contributed by atoms with Gasteiger partial charge in [0.1, 0.15) is 5.75 Å². The van der Waals surface area contributed by atoms with Gasteiger partial charge in [-0.1, -0.05) is 36.4 Å². The van der Waals surface area contributed by atoms with Crippen LogP contribution in [0.5, 0.6) is 5.75 Å². The van der Waals surface area contributed by atoms with E-state index in [1.807, 2.05) is 53.9 Å². The summed E-state index contributed by atoms with van der Waals surface area (Å²) in [5.41, 5.74) is 3.88. The maximum absolute atomic E-state index is 6.34. The quantitative estimate of drug-likeness (QED) is 0.106. The van der Waals surface area contributed by atoms with Gasteiger partial charge in [-0.05, 0) is 77.5 Å². The average molecular weight is 494 g/mol. The van der Waals surface area contributed by atoms with Gasteiger partial charge in [0, 0.05) is 6.42 Å². The lowest BCUT2D eigenvalue weighted by atomic mass is 10.1. The van der Waals surface area contributed by atoms with Crippen LogP contribution in [0.1, 0.15) is 24.0 Å². The molecule has 4 aromatic rings. The summed E-state index contributed by atoms with van der Waals surface area (Å²) in [7, 11) is 0. The molecule has 5 rings (SSSR count). The van der Waals surface area contributed by atoms with Gasteiger partial charge in [0.05, 0.1) is 18.7 Å². The number of thioether (sulfide) groups is 2. The van der Waals surface area contributed by atoms with E-state index in [0.717, 1.165) is 30.2 Å². The highest BCUT2D eigenvalue weighted by Gasteiger charge is 2.19. The van der Waals surface area contributed by atoms with Gasteiger partial charge in [-0.2, -0.15) is 0 Å². The highest BCUT2D eigenvalue weighted by molar-refractivity contribution is 8.18. The molecule has 0 N–H and O–H groups in total. The van der Waals surface area contributed by atoms with Gasteiger partial charge in [0.15, 0.2) is 5.90 Å². The molecule has 2 aromatic heterocycles. The first-order chi connectivity index (χ1) is 15.8. The Labute approximate surface area is 205 Å². The predicted octanol–water partition coefficient (Wildman–Crippen LogP) is 8.71. The first-order valence-electron chi connectivity index (χ1n) is 10.6. The second kappa shape index (κ2) is 10.8. The van der Waals surface area contributed by atoms with Crippen molar-refractivity contribution in [1.29, 1.82) is 0 Å². The van der Waals surface area contributed by atoms with Crippen LogP contribution in [0.15, 0.2) is 97.0 Å². The van der Waals surface area contributed by atoms with Gasteiger partial charge in [-0.3, -0.25) is 0 Å². The number of hydrogen-bond acceptors (Lipinski definition) is 6. The number of rotatable bonds is 8. The number of ether oxygens (including phenoxy) is 1. The number of hydrogen-bond donors (Lipinski definition) is 0. The summed E-state index contributed by atoms with van der Waals surface area (Å²) in [6.07, 6.45) is 4.31. The minimum atomic E-state index is 0.268. The Balaban J connectivity index is 1.43. The second-order valence-electron chi connectivity index (χ2n) is 7.46. The van der Waals surface area contributed by atoms with E-state index in [4.69, 9.17) is 9.73 Å². The highest BCUT2D eigenvalue weighted by atomic mass is 32.2. The third kappa shape index (κ3) is 5.87. The number of benzene rings is 2. The molecule has 0 radical (unpaired) electrons. The van der Waals surface area contributed by atoms with Crippen LogP contribution in [0.3, 0.4) is 0 Å². The molecular formula is C26H23NOS4. The zero-order valence-electron chi connectivity index (χ0n) is 17.5. The molecular weight excluding hydrogens is 471 g/mol. The van der Waals surface area contributed by atoms with Crippen molar-refractivity contribution in [3.8, 4) is 5.75 Å². The van der Waals surface area contributed by atoms with Gasteiger partial charge < -0.3 is 4.74 Å². The lowest BCUT2D eigenvalue weighted by molar-refractivity contribution is 0.535. The van der Waals surface area contributed by atoms with Crippen molar-refractivity contribution < 1.29 is 4.74 Å². The van der Waals surface area contributed by atoms with Crippen molar-refractivity contribution in [1.82, 2.24) is 0 Å². The number of aliphatic imine (C=N–C) groups is 1. The van der Waals surface area contributed by atoms with E-state index in [1.165, 1.54) is 32.4 Å². The molecule has 0 atom stereocenters. The van der Waals surface area contributed by atoms with E-state index in [0.29, 0.717) is 0 Å². The van der Waals surface area contributed by atoms with Crippen LogP contribution < -0.4 is 4.74 Å². The molecule has 0 fully saturated rings. The van der Waals surface area contributed by atoms with Crippen molar-refractivity contribution in [3.63, 3.8) is 0 Å². The maximum atomic E-state index is 6.34. The Hall–Kier alpha value is -1.99. The Morgan fingerprint density at radius 2 is 1.56 bits per heavy atom. The number of aryl methyl sites for hydroxylation is 2. The molecule has 0 aliphatic heterocycles. The molecule has 0 saturated heterocycles. The van der Waals surface area contributed by atoms with Crippen LogP contribution >= 0.6 is 46.2 Å². The SMILES string of the molecule is c1ccc(OC(CC(Sc2cccs2)Sc2cccs2)=Nc2ccc3c(c2)CCC3)cc1. The van der Waals surface area contributed by atoms with Gasteiger partial charge in [0.25, 0.3) is 0 Å². The lowest BCUT2D eigenvalue weighted by Gasteiger charge is -2.17. The molecule has 6 heteroatoms. The summed E-state index contributed by atoms with van der Waals surface area (Å²) in [5, 5.41) is 4.27. The Kier molecular flexibility index (Phi) is 7.34. The molecule has 0 spiro atoms. The minimum Gasteiger partial charge on any atom is -0.443 e. The predicted molar refractivity (Wildman–Crippen MR) is 141 cm³/mol. The molecule has 2 nitrogen and oxygen atoms in total. The van der Waals surface area contributed by atoms with E-state index in [2.05, 4.69) is 53.2 Å². The smallest absolute Gasteiger partial charge is 0.197 e. The van der Waals surface area contributed by atoms with Crippen molar-refractivity contribution >= 4 is 57.8 Å². The van der Waals surface area contributed by atoms with Crippen molar-refractivity contribution in [2.45, 2.75) is 38.7 Å². The molecule has 0 bridgehead atoms. The molecule has 32 heavy (non-hydrogen) atoms. The van der Waals surface area contributed by atoms with Gasteiger partial charge in [-0.25, -0.2) is 4.99 Å². The molecule has 2 aromatic carbocycles. The fourth-order valence-corrected chi connectivity index (χ4v) is 8.51. The van der Waals surface area contributed by atoms with E-state index in [9.17, 15) is 0 Å². The summed E-state index contributed by atoms with van der Waals surface area (Å²) in [5.74, 6) is 1.58. The van der Waals surface area contributed by atoms with Crippen LogP contribution in [0.4, 0.5) is 5.69 Å². The van der Waals surface area contributed by atoms with Crippen LogP contribution in [0.2, 0.25) is 0 Å². The highest BCUT2D eigenvalue weighted by Crippen LogP contribution is 2.41. The largest absolute Gasteiger partial charge is 0.443 e. The number of thiophene rings is 2. The van der Waals surface area contributed by atoms with Crippen LogP contribution in [0.25, 0.3) is 0 Å². The van der Waals surface area contributed by atoms with Crippen LogP contribution in [0, 0.1) is 0 Å². The summed E-state index contributed by atoms with van der Waals surface area (Å²) < 4.78 is 9.24. The van der Waals surface area contributed by atoms with Gasteiger partial charge in [0.2, 0.25) is 0 Å². The van der Waals surface area contributed by atoms with Gasteiger partial charge in [-0.15, -0.1) is 46.2 Å². The van der Waals surface area contributed by atoms with E-state index in [-0.39, 0.29) is 4.58 Å². The molecule has 0 amide bonds. The minimum absolute atomic E-state index is 0.268. The molecule has 1 aliphatic rings. The number of nitrogens with zero attached hydrogens (tertiary/aromatic N) is 1. The zero-order chi connectivity index (χ0) is 21.6. The number of para-hydroxylation sites is 1. The Bertz CT molecular complexity index is 1120. The molecule has 0 saturated carbocycles. The molecule has 2 heterocycles. The topological polar surface area (TPSA) is 21.6 Å². The number of fused-ring (bicyclic) bond motifs is 1. The van der Waals surface area contributed by atoms with Crippen molar-refractivity contribution in [2.24, 2.45) is 4.99 Å². The van der Waals surface area contributed by atoms with Crippen molar-refractivity contribution in [2.75, 3.05) is 0 Å². The summed E-state index contributed by atoms with van der Waals surface area (Å²) in [6.45, 7) is 0. The van der Waals surface area contributed by atoms with Crippen LogP contribution in [-0.2, 0) is 12.8 Å². The van der Waals surface area contributed by atoms with E-state index < -0.39 is 0 Å². The third-order valence-electron chi connectivity index (χ3n) is 5.14. The fourth-order valence-electron chi connectivity index (χ4n) is 3.68. The summed E-state index contributed by atoms with van der Waals surface area (Å²) in [4.78, 5) is 5.00. The van der Waals surface area contributed by atoms with E-state index in [1.54, 1.807) is 22.7 Å². The first-order valence-corrected chi connectivity index (χ1v) is 14.2. The Morgan fingerprint density at radius 1 is 0.844 bits per heavy atom. The molecule has 1 aliphatic carbocycles. The monoisotopic (exact) mass is 493 g/mol. The molecule has 0 unspecified atom stereocenters. The maximum Gasteiger partial charge on any atom is 0.197 e. The Morgan fingerprint density at radius 3 is 2.25 bits per heavy atom. The van der Waals surface area contributed by atoms with E-state index >= 15 is 0 Å². The van der Waals surface area contributed by atoms with Crippen molar-refractivity contribution in [3.05, 3.63) is 94.7 Å². The first kappa shape index (κ1) is 21.8. The normalized spacial score (nSPS) is 13.5. The van der Waals surface area contributed by atoms with Gasteiger partial charge >= 0.3 is 0 Å².